The maximum absolute atomic E-state index is 12.2. The Labute approximate surface area is 155 Å². The second kappa shape index (κ2) is 8.45. The molecule has 0 bridgehead atoms. The molecule has 0 saturated heterocycles. The summed E-state index contributed by atoms with van der Waals surface area (Å²) in [5.41, 5.74) is 4.47. The first-order valence-electron chi connectivity index (χ1n) is 8.70. The molecule has 2 rings (SSSR count). The highest BCUT2D eigenvalue weighted by molar-refractivity contribution is 7.91. The number of aryl methyl sites for hydroxylation is 2. The lowest BCUT2D eigenvalue weighted by Gasteiger charge is -2.09. The van der Waals surface area contributed by atoms with E-state index in [9.17, 15) is 13.2 Å². The first-order valence-corrected chi connectivity index (χ1v) is 10.5. The molecule has 140 valence electrons. The molecular formula is C20H26N2O3S. The monoisotopic (exact) mass is 374 g/mol. The summed E-state index contributed by atoms with van der Waals surface area (Å²) in [5.74, 6) is -0.0745. The molecule has 1 aromatic heterocycles. The highest BCUT2D eigenvalue weighted by Crippen LogP contribution is 2.21. The molecule has 0 atom stereocenters. The highest BCUT2D eigenvalue weighted by atomic mass is 32.2. The van der Waals surface area contributed by atoms with E-state index in [1.165, 1.54) is 0 Å². The average Bonchev–Trinajstić information content (AvgIpc) is 2.52. The SMILES string of the molecule is Cc1cc(-c2ccc(C(=O)NCCS(=O)(=O)CC(C)C)cc2)cc(C)n1. The van der Waals surface area contributed by atoms with Crippen molar-refractivity contribution in [3.63, 3.8) is 0 Å². The van der Waals surface area contributed by atoms with Gasteiger partial charge < -0.3 is 5.32 Å². The quantitative estimate of drug-likeness (QED) is 0.808. The number of carbonyl (C=O) groups excluding carboxylic acids is 1. The Kier molecular flexibility index (Phi) is 6.53. The molecule has 1 amide bonds. The maximum atomic E-state index is 12.2. The molecule has 0 aliphatic heterocycles. The Morgan fingerprint density at radius 3 is 2.15 bits per heavy atom. The van der Waals surface area contributed by atoms with Crippen LogP contribution in [-0.4, -0.2) is 37.4 Å². The minimum atomic E-state index is -3.13. The van der Waals surface area contributed by atoms with Crippen LogP contribution in [-0.2, 0) is 9.84 Å². The van der Waals surface area contributed by atoms with Crippen molar-refractivity contribution >= 4 is 15.7 Å². The molecule has 0 saturated carbocycles. The topological polar surface area (TPSA) is 76.1 Å². The third-order valence-corrected chi connectivity index (χ3v) is 5.85. The number of nitrogens with one attached hydrogen (secondary N) is 1. The van der Waals surface area contributed by atoms with E-state index in [-0.39, 0.29) is 29.9 Å². The van der Waals surface area contributed by atoms with E-state index < -0.39 is 9.84 Å². The van der Waals surface area contributed by atoms with E-state index in [1.807, 2.05) is 52.0 Å². The second-order valence-electron chi connectivity index (χ2n) is 6.98. The lowest BCUT2D eigenvalue weighted by Crippen LogP contribution is -2.30. The number of benzene rings is 1. The van der Waals surface area contributed by atoms with E-state index in [1.54, 1.807) is 12.1 Å². The summed E-state index contributed by atoms with van der Waals surface area (Å²) in [6.45, 7) is 7.75. The third kappa shape index (κ3) is 5.95. The van der Waals surface area contributed by atoms with Crippen LogP contribution >= 0.6 is 0 Å². The van der Waals surface area contributed by atoms with Gasteiger partial charge >= 0.3 is 0 Å². The Hall–Kier alpha value is -2.21. The predicted octanol–water partition coefficient (Wildman–Crippen LogP) is 3.17. The minimum Gasteiger partial charge on any atom is -0.351 e. The van der Waals surface area contributed by atoms with Gasteiger partial charge in [-0.1, -0.05) is 26.0 Å². The van der Waals surface area contributed by atoms with Gasteiger partial charge in [-0.3, -0.25) is 9.78 Å². The molecule has 1 N–H and O–H groups in total. The first kappa shape index (κ1) is 20.1. The van der Waals surface area contributed by atoms with E-state index in [4.69, 9.17) is 0 Å². The van der Waals surface area contributed by atoms with Crippen molar-refractivity contribution in [2.45, 2.75) is 27.7 Å². The number of amides is 1. The third-order valence-electron chi connectivity index (χ3n) is 3.85. The fourth-order valence-electron chi connectivity index (χ4n) is 2.83. The zero-order chi connectivity index (χ0) is 19.3. The van der Waals surface area contributed by atoms with Gasteiger partial charge in [0.1, 0.15) is 0 Å². The average molecular weight is 375 g/mol. The summed E-state index contributed by atoms with van der Waals surface area (Å²) < 4.78 is 23.7. The van der Waals surface area contributed by atoms with Crippen molar-refractivity contribution in [2.24, 2.45) is 5.92 Å². The van der Waals surface area contributed by atoms with Crippen LogP contribution in [0.1, 0.15) is 35.6 Å². The minimum absolute atomic E-state index is 0.0371. The lowest BCUT2D eigenvalue weighted by molar-refractivity contribution is 0.0956. The molecule has 5 nitrogen and oxygen atoms in total. The number of aromatic nitrogens is 1. The van der Waals surface area contributed by atoms with Crippen molar-refractivity contribution in [3.8, 4) is 11.1 Å². The summed E-state index contributed by atoms with van der Waals surface area (Å²) in [4.78, 5) is 16.6. The number of nitrogens with zero attached hydrogens (tertiary/aromatic N) is 1. The Bertz CT molecular complexity index is 852. The molecule has 0 spiro atoms. The van der Waals surface area contributed by atoms with E-state index in [2.05, 4.69) is 10.3 Å². The molecule has 6 heteroatoms. The van der Waals surface area contributed by atoms with Gasteiger partial charge in [-0.05, 0) is 55.2 Å². The van der Waals surface area contributed by atoms with E-state index in [0.29, 0.717) is 5.56 Å². The molecular weight excluding hydrogens is 348 g/mol. The molecule has 0 fully saturated rings. The van der Waals surface area contributed by atoms with E-state index in [0.717, 1.165) is 22.5 Å². The van der Waals surface area contributed by atoms with Crippen molar-refractivity contribution in [1.29, 1.82) is 0 Å². The number of hydrogen-bond acceptors (Lipinski definition) is 4. The smallest absolute Gasteiger partial charge is 0.251 e. The largest absolute Gasteiger partial charge is 0.351 e. The van der Waals surface area contributed by atoms with Crippen molar-refractivity contribution in [1.82, 2.24) is 10.3 Å². The Balaban J connectivity index is 1.98. The number of hydrogen-bond donors (Lipinski definition) is 1. The van der Waals surface area contributed by atoms with Crippen LogP contribution in [0.25, 0.3) is 11.1 Å². The molecule has 0 aliphatic rings. The summed E-state index contributed by atoms with van der Waals surface area (Å²) in [6, 6.07) is 11.3. The van der Waals surface area contributed by atoms with Crippen LogP contribution in [0.15, 0.2) is 36.4 Å². The molecule has 1 heterocycles. The lowest BCUT2D eigenvalue weighted by atomic mass is 10.0. The van der Waals surface area contributed by atoms with Gasteiger partial charge in [0.2, 0.25) is 0 Å². The summed E-state index contributed by atoms with van der Waals surface area (Å²) in [6.07, 6.45) is 0. The summed E-state index contributed by atoms with van der Waals surface area (Å²) in [5, 5.41) is 2.68. The van der Waals surface area contributed by atoms with Crippen LogP contribution in [0.3, 0.4) is 0 Å². The van der Waals surface area contributed by atoms with Gasteiger partial charge in [-0.25, -0.2) is 8.42 Å². The Morgan fingerprint density at radius 2 is 1.62 bits per heavy atom. The van der Waals surface area contributed by atoms with Crippen LogP contribution in [0.5, 0.6) is 0 Å². The number of carbonyl (C=O) groups is 1. The van der Waals surface area contributed by atoms with Gasteiger partial charge in [0, 0.05) is 23.5 Å². The maximum Gasteiger partial charge on any atom is 0.251 e. The predicted molar refractivity (Wildman–Crippen MR) is 105 cm³/mol. The van der Waals surface area contributed by atoms with Gasteiger partial charge in [-0.15, -0.1) is 0 Å². The summed E-state index contributed by atoms with van der Waals surface area (Å²) >= 11 is 0. The highest BCUT2D eigenvalue weighted by Gasteiger charge is 2.14. The second-order valence-corrected chi connectivity index (χ2v) is 9.21. The summed E-state index contributed by atoms with van der Waals surface area (Å²) in [7, 11) is -3.13. The molecule has 1 aromatic carbocycles. The first-order chi connectivity index (χ1) is 12.2. The molecule has 0 radical (unpaired) electrons. The number of pyridine rings is 1. The molecule has 26 heavy (non-hydrogen) atoms. The normalized spacial score (nSPS) is 11.6. The fraction of sp³-hybridized carbons (Fsp3) is 0.400. The molecule has 0 unspecified atom stereocenters. The standard InChI is InChI=1S/C20H26N2O3S/c1-14(2)13-26(24,25)10-9-21-20(23)18-7-5-17(6-8-18)19-11-15(3)22-16(4)12-19/h5-8,11-12,14H,9-10,13H2,1-4H3,(H,21,23). The van der Waals surface area contributed by atoms with Crippen LogP contribution in [0, 0.1) is 19.8 Å². The van der Waals surface area contributed by atoms with Crippen molar-refractivity contribution in [2.75, 3.05) is 18.1 Å². The number of rotatable bonds is 7. The molecule has 2 aromatic rings. The zero-order valence-corrected chi connectivity index (χ0v) is 16.6. The van der Waals surface area contributed by atoms with E-state index >= 15 is 0 Å². The van der Waals surface area contributed by atoms with Crippen LogP contribution in [0.2, 0.25) is 0 Å². The van der Waals surface area contributed by atoms with Crippen molar-refractivity contribution < 1.29 is 13.2 Å². The van der Waals surface area contributed by atoms with Crippen LogP contribution < -0.4 is 5.32 Å². The van der Waals surface area contributed by atoms with Crippen LogP contribution in [0.4, 0.5) is 0 Å². The van der Waals surface area contributed by atoms with Crippen molar-refractivity contribution in [3.05, 3.63) is 53.3 Å². The van der Waals surface area contributed by atoms with Gasteiger partial charge in [0.25, 0.3) is 5.91 Å². The zero-order valence-electron chi connectivity index (χ0n) is 15.7. The van der Waals surface area contributed by atoms with Gasteiger partial charge in [0.05, 0.1) is 11.5 Å². The van der Waals surface area contributed by atoms with Gasteiger partial charge in [0.15, 0.2) is 9.84 Å². The number of sulfone groups is 1. The fourth-order valence-corrected chi connectivity index (χ4v) is 4.42. The Morgan fingerprint density at radius 1 is 1.04 bits per heavy atom. The molecule has 0 aliphatic carbocycles. The van der Waals surface area contributed by atoms with Gasteiger partial charge in [-0.2, -0.15) is 0 Å².